The quantitative estimate of drug-likeness (QED) is 0.690. The predicted octanol–water partition coefficient (Wildman–Crippen LogP) is 1.96. The minimum Gasteiger partial charge on any atom is -0.369 e. The van der Waals surface area contributed by atoms with E-state index in [4.69, 9.17) is 0 Å². The number of fused-ring (bicyclic) bond motifs is 1. The van der Waals surface area contributed by atoms with Gasteiger partial charge in [0, 0.05) is 43.6 Å². The van der Waals surface area contributed by atoms with Crippen LogP contribution < -0.4 is 4.90 Å². The maximum absolute atomic E-state index is 11.0. The topological polar surface area (TPSA) is 53.7 Å². The molecule has 1 aliphatic rings. The summed E-state index contributed by atoms with van der Waals surface area (Å²) in [5.41, 5.74) is 4.34. The largest absolute Gasteiger partial charge is 0.369 e. The van der Waals surface area contributed by atoms with Crippen molar-refractivity contribution in [1.29, 1.82) is 0 Å². The van der Waals surface area contributed by atoms with E-state index in [2.05, 4.69) is 51.2 Å². The van der Waals surface area contributed by atoms with Gasteiger partial charge in [-0.15, -0.1) is 0 Å². The molecule has 3 aromatic rings. The molecular formula is C18H19N5O. The molecule has 1 fully saturated rings. The van der Waals surface area contributed by atoms with Crippen LogP contribution in [-0.2, 0) is 0 Å². The molecule has 4 rings (SSSR count). The van der Waals surface area contributed by atoms with Crippen molar-refractivity contribution in [3.8, 4) is 11.1 Å². The Morgan fingerprint density at radius 3 is 2.50 bits per heavy atom. The number of piperazine rings is 1. The highest BCUT2D eigenvalue weighted by atomic mass is 16.1. The highest BCUT2D eigenvalue weighted by Crippen LogP contribution is 2.26. The van der Waals surface area contributed by atoms with E-state index in [1.165, 1.54) is 5.69 Å². The Kier molecular flexibility index (Phi) is 3.74. The van der Waals surface area contributed by atoms with Crippen LogP contribution in [0, 0.1) is 0 Å². The Hall–Kier alpha value is -2.73. The molecule has 3 heterocycles. The van der Waals surface area contributed by atoms with Gasteiger partial charge in [0.1, 0.15) is 5.69 Å². The SMILES string of the molecule is CN1CCN(c2ccc(-c3cnn4ccc(C=O)nc34)cc2)CC1. The van der Waals surface area contributed by atoms with Crippen molar-refractivity contribution in [3.05, 3.63) is 48.4 Å². The van der Waals surface area contributed by atoms with Gasteiger partial charge in [-0.1, -0.05) is 12.1 Å². The average molecular weight is 321 g/mol. The third-order valence-electron chi connectivity index (χ3n) is 4.56. The summed E-state index contributed by atoms with van der Waals surface area (Å²) in [4.78, 5) is 20.1. The third kappa shape index (κ3) is 2.65. The summed E-state index contributed by atoms with van der Waals surface area (Å²) in [5, 5.41) is 4.31. The number of carbonyl (C=O) groups is 1. The average Bonchev–Trinajstić information content (AvgIpc) is 3.05. The molecule has 0 radical (unpaired) electrons. The van der Waals surface area contributed by atoms with Crippen LogP contribution in [-0.4, -0.2) is 59.0 Å². The van der Waals surface area contributed by atoms with Gasteiger partial charge in [-0.25, -0.2) is 9.50 Å². The van der Waals surface area contributed by atoms with Crippen molar-refractivity contribution in [2.24, 2.45) is 0 Å². The van der Waals surface area contributed by atoms with Crippen molar-refractivity contribution >= 4 is 17.6 Å². The van der Waals surface area contributed by atoms with Gasteiger partial charge in [0.25, 0.3) is 0 Å². The molecular weight excluding hydrogens is 302 g/mol. The van der Waals surface area contributed by atoms with E-state index in [0.717, 1.165) is 43.6 Å². The fraction of sp³-hybridized carbons (Fsp3) is 0.278. The molecule has 1 aliphatic heterocycles. The molecule has 6 heteroatoms. The summed E-state index contributed by atoms with van der Waals surface area (Å²) >= 11 is 0. The first-order valence-electron chi connectivity index (χ1n) is 8.08. The molecule has 0 bridgehead atoms. The van der Waals surface area contributed by atoms with E-state index >= 15 is 0 Å². The van der Waals surface area contributed by atoms with E-state index in [-0.39, 0.29) is 0 Å². The molecule has 122 valence electrons. The van der Waals surface area contributed by atoms with Gasteiger partial charge in [-0.3, -0.25) is 4.79 Å². The fourth-order valence-electron chi connectivity index (χ4n) is 3.07. The Labute approximate surface area is 140 Å². The van der Waals surface area contributed by atoms with Gasteiger partial charge in [0.05, 0.1) is 6.20 Å². The number of anilines is 1. The van der Waals surface area contributed by atoms with E-state index in [0.29, 0.717) is 11.3 Å². The number of rotatable bonds is 3. The highest BCUT2D eigenvalue weighted by molar-refractivity contribution is 5.80. The van der Waals surface area contributed by atoms with Gasteiger partial charge >= 0.3 is 0 Å². The molecule has 0 saturated carbocycles. The van der Waals surface area contributed by atoms with Gasteiger partial charge in [-0.2, -0.15) is 5.10 Å². The number of nitrogens with zero attached hydrogens (tertiary/aromatic N) is 5. The number of hydrogen-bond donors (Lipinski definition) is 0. The van der Waals surface area contributed by atoms with Crippen LogP contribution >= 0.6 is 0 Å². The third-order valence-corrected chi connectivity index (χ3v) is 4.56. The van der Waals surface area contributed by atoms with Crippen molar-refractivity contribution in [1.82, 2.24) is 19.5 Å². The first-order chi connectivity index (χ1) is 11.7. The van der Waals surface area contributed by atoms with Gasteiger partial charge in [0.15, 0.2) is 11.9 Å². The van der Waals surface area contributed by atoms with Crippen LogP contribution in [0.4, 0.5) is 5.69 Å². The summed E-state index contributed by atoms with van der Waals surface area (Å²) in [6.07, 6.45) is 4.31. The Morgan fingerprint density at radius 1 is 1.04 bits per heavy atom. The maximum atomic E-state index is 11.0. The molecule has 6 nitrogen and oxygen atoms in total. The first kappa shape index (κ1) is 14.8. The van der Waals surface area contributed by atoms with Gasteiger partial charge in [0.2, 0.25) is 0 Å². The summed E-state index contributed by atoms with van der Waals surface area (Å²) in [7, 11) is 2.16. The zero-order valence-corrected chi connectivity index (χ0v) is 13.6. The zero-order valence-electron chi connectivity index (χ0n) is 13.6. The number of aromatic nitrogens is 3. The van der Waals surface area contributed by atoms with Crippen molar-refractivity contribution in [3.63, 3.8) is 0 Å². The monoisotopic (exact) mass is 321 g/mol. The van der Waals surface area contributed by atoms with Crippen LogP contribution in [0.2, 0.25) is 0 Å². The maximum Gasteiger partial charge on any atom is 0.168 e. The summed E-state index contributed by atoms with van der Waals surface area (Å²) in [6, 6.07) is 10.1. The molecule has 0 unspecified atom stereocenters. The lowest BCUT2D eigenvalue weighted by Gasteiger charge is -2.34. The molecule has 0 atom stereocenters. The number of carbonyl (C=O) groups excluding carboxylic acids is 1. The smallest absolute Gasteiger partial charge is 0.168 e. The normalized spacial score (nSPS) is 15.8. The standard InChI is InChI=1S/C18H19N5O/c1-21-8-10-22(11-9-21)16-4-2-14(3-5-16)17-12-19-23-7-6-15(13-24)20-18(17)23/h2-7,12-13H,8-11H2,1H3. The van der Waals surface area contributed by atoms with Crippen LogP contribution in [0.25, 0.3) is 16.8 Å². The first-order valence-corrected chi connectivity index (χ1v) is 8.08. The van der Waals surface area contributed by atoms with E-state index in [1.807, 2.05) is 0 Å². The van der Waals surface area contributed by atoms with E-state index in [1.54, 1.807) is 23.0 Å². The lowest BCUT2D eigenvalue weighted by molar-refractivity contribution is 0.111. The number of likely N-dealkylation sites (N-methyl/N-ethyl adjacent to an activating group) is 1. The minimum atomic E-state index is 0.415. The second kappa shape index (κ2) is 6.05. The molecule has 0 amide bonds. The number of aldehydes is 1. The highest BCUT2D eigenvalue weighted by Gasteiger charge is 2.15. The second-order valence-corrected chi connectivity index (χ2v) is 6.13. The summed E-state index contributed by atoms with van der Waals surface area (Å²) in [6.45, 7) is 4.29. The van der Waals surface area contributed by atoms with Crippen LogP contribution in [0.15, 0.2) is 42.7 Å². The summed E-state index contributed by atoms with van der Waals surface area (Å²) < 4.78 is 1.69. The van der Waals surface area contributed by atoms with Crippen molar-refractivity contribution in [2.75, 3.05) is 38.1 Å². The Bertz CT molecular complexity index is 863. The minimum absolute atomic E-state index is 0.415. The van der Waals surface area contributed by atoms with Crippen molar-refractivity contribution in [2.45, 2.75) is 0 Å². The molecule has 24 heavy (non-hydrogen) atoms. The van der Waals surface area contributed by atoms with Gasteiger partial charge < -0.3 is 9.80 Å². The summed E-state index contributed by atoms with van der Waals surface area (Å²) in [5.74, 6) is 0. The fourth-order valence-corrected chi connectivity index (χ4v) is 3.07. The second-order valence-electron chi connectivity index (χ2n) is 6.13. The van der Waals surface area contributed by atoms with Crippen LogP contribution in [0.3, 0.4) is 0 Å². The van der Waals surface area contributed by atoms with Crippen molar-refractivity contribution < 1.29 is 4.79 Å². The Balaban J connectivity index is 1.64. The zero-order chi connectivity index (χ0) is 16.5. The van der Waals surface area contributed by atoms with Crippen LogP contribution in [0.1, 0.15) is 10.5 Å². The van der Waals surface area contributed by atoms with E-state index in [9.17, 15) is 4.79 Å². The number of benzene rings is 1. The molecule has 0 aliphatic carbocycles. The lowest BCUT2D eigenvalue weighted by atomic mass is 10.1. The van der Waals surface area contributed by atoms with E-state index < -0.39 is 0 Å². The molecule has 2 aromatic heterocycles. The predicted molar refractivity (Wildman–Crippen MR) is 93.5 cm³/mol. The molecule has 0 N–H and O–H groups in total. The Morgan fingerprint density at radius 2 is 1.79 bits per heavy atom. The lowest BCUT2D eigenvalue weighted by Crippen LogP contribution is -2.44. The molecule has 1 saturated heterocycles. The molecule has 0 spiro atoms. The number of hydrogen-bond acceptors (Lipinski definition) is 5. The van der Waals surface area contributed by atoms with Gasteiger partial charge in [-0.05, 0) is 30.8 Å². The molecule has 1 aromatic carbocycles. The van der Waals surface area contributed by atoms with Crippen LogP contribution in [0.5, 0.6) is 0 Å².